The number of hydrogen-bond acceptors (Lipinski definition) is 7. The summed E-state index contributed by atoms with van der Waals surface area (Å²) in [6.07, 6.45) is -2.68. The Hall–Kier alpha value is -4.22. The van der Waals surface area contributed by atoms with Gasteiger partial charge in [-0.1, -0.05) is 0 Å². The molecule has 1 aliphatic carbocycles. The van der Waals surface area contributed by atoms with Crippen molar-refractivity contribution in [1.82, 2.24) is 15.6 Å². The van der Waals surface area contributed by atoms with E-state index in [0.717, 1.165) is 12.1 Å². The lowest BCUT2D eigenvalue weighted by Gasteiger charge is -2.16. The molecule has 1 aliphatic rings. The lowest BCUT2D eigenvalue weighted by Crippen LogP contribution is -2.48. The maximum absolute atomic E-state index is 13.2. The van der Waals surface area contributed by atoms with E-state index < -0.39 is 46.5 Å². The molecule has 1 aromatic carbocycles. The van der Waals surface area contributed by atoms with Crippen LogP contribution < -0.4 is 15.4 Å². The zero-order valence-electron chi connectivity index (χ0n) is 17.3. The first-order valence-corrected chi connectivity index (χ1v) is 9.98. The van der Waals surface area contributed by atoms with Crippen LogP contribution in [0, 0.1) is 0 Å². The standard InChI is InChI=1S/C22H18F3N3O6/c23-22(24,25)15-9-13(29)2-4-16(15)33-14-3-1-12(26-11-14)10-27-20(32)21(7-8-21)28-19(31)17-5-6-18(30)34-17/h1-6,9,11,29-30H,7-8,10H2,(H,27,32)(H,28,31). The fourth-order valence-electron chi connectivity index (χ4n) is 3.13. The van der Waals surface area contributed by atoms with Gasteiger partial charge in [-0.3, -0.25) is 14.6 Å². The molecule has 2 amide bonds. The van der Waals surface area contributed by atoms with E-state index in [1.54, 1.807) is 0 Å². The van der Waals surface area contributed by atoms with Gasteiger partial charge in [0.2, 0.25) is 5.91 Å². The Kier molecular flexibility index (Phi) is 5.82. The lowest BCUT2D eigenvalue weighted by atomic mass is 10.2. The zero-order chi connectivity index (χ0) is 24.5. The normalized spacial score (nSPS) is 14.3. The van der Waals surface area contributed by atoms with Crippen molar-refractivity contribution in [3.63, 3.8) is 0 Å². The van der Waals surface area contributed by atoms with E-state index >= 15 is 0 Å². The number of aromatic nitrogens is 1. The highest BCUT2D eigenvalue weighted by Crippen LogP contribution is 2.40. The molecule has 4 N–H and O–H groups in total. The van der Waals surface area contributed by atoms with Crippen LogP contribution in [-0.2, 0) is 17.5 Å². The van der Waals surface area contributed by atoms with Crippen LogP contribution in [0.2, 0.25) is 0 Å². The van der Waals surface area contributed by atoms with Gasteiger partial charge < -0.3 is 30.0 Å². The van der Waals surface area contributed by atoms with Crippen molar-refractivity contribution in [3.05, 3.63) is 65.7 Å². The molecule has 0 aliphatic heterocycles. The van der Waals surface area contributed by atoms with Crippen LogP contribution in [0.3, 0.4) is 0 Å². The molecule has 0 radical (unpaired) electrons. The maximum atomic E-state index is 13.2. The van der Waals surface area contributed by atoms with E-state index in [1.807, 2.05) is 0 Å². The fourth-order valence-corrected chi connectivity index (χ4v) is 3.13. The summed E-state index contributed by atoms with van der Waals surface area (Å²) >= 11 is 0. The molecule has 0 saturated heterocycles. The van der Waals surface area contributed by atoms with E-state index in [9.17, 15) is 33.0 Å². The summed E-state index contributed by atoms with van der Waals surface area (Å²) in [4.78, 5) is 28.8. The van der Waals surface area contributed by atoms with Crippen molar-refractivity contribution < 1.29 is 42.1 Å². The molecule has 0 atom stereocenters. The second kappa shape index (κ2) is 8.61. The van der Waals surface area contributed by atoms with Gasteiger partial charge in [0.15, 0.2) is 5.76 Å². The average molecular weight is 477 g/mol. The van der Waals surface area contributed by atoms with Crippen molar-refractivity contribution in [2.75, 3.05) is 0 Å². The van der Waals surface area contributed by atoms with Crippen LogP contribution in [0.25, 0.3) is 0 Å². The van der Waals surface area contributed by atoms with Gasteiger partial charge in [0.25, 0.3) is 11.9 Å². The van der Waals surface area contributed by atoms with Gasteiger partial charge in [0, 0.05) is 6.07 Å². The summed E-state index contributed by atoms with van der Waals surface area (Å²) in [5.74, 6) is -2.63. The summed E-state index contributed by atoms with van der Waals surface area (Å²) in [5, 5.41) is 23.8. The summed E-state index contributed by atoms with van der Waals surface area (Å²) in [5.41, 5.74) is -1.82. The number of hydrogen-bond donors (Lipinski definition) is 4. The Bertz CT molecular complexity index is 1220. The Balaban J connectivity index is 1.35. The van der Waals surface area contributed by atoms with Gasteiger partial charge in [-0.15, -0.1) is 0 Å². The molecule has 0 unspecified atom stereocenters. The topological polar surface area (TPSA) is 134 Å². The number of nitrogens with zero attached hydrogens (tertiary/aromatic N) is 1. The van der Waals surface area contributed by atoms with Crippen LogP contribution >= 0.6 is 0 Å². The SMILES string of the molecule is O=C(NC1(C(=O)NCc2ccc(Oc3ccc(O)cc3C(F)(F)F)cn2)CC1)c1ccc(O)o1. The van der Waals surface area contributed by atoms with E-state index in [1.165, 1.54) is 30.5 Å². The molecule has 12 heteroatoms. The number of carbonyl (C=O) groups is 2. The van der Waals surface area contributed by atoms with Crippen molar-refractivity contribution >= 4 is 11.8 Å². The third-order valence-corrected chi connectivity index (χ3v) is 5.08. The van der Waals surface area contributed by atoms with Crippen LogP contribution in [0.4, 0.5) is 13.2 Å². The number of aromatic hydroxyl groups is 2. The highest BCUT2D eigenvalue weighted by molar-refractivity contribution is 5.99. The van der Waals surface area contributed by atoms with Gasteiger partial charge in [-0.25, -0.2) is 0 Å². The largest absolute Gasteiger partial charge is 0.508 e. The van der Waals surface area contributed by atoms with Crippen LogP contribution in [-0.4, -0.2) is 32.6 Å². The number of ether oxygens (including phenoxy) is 1. The third-order valence-electron chi connectivity index (χ3n) is 5.08. The van der Waals surface area contributed by atoms with E-state index in [0.29, 0.717) is 24.6 Å². The number of amides is 2. The summed E-state index contributed by atoms with van der Waals surface area (Å²) in [6.45, 7) is 0.00524. The summed E-state index contributed by atoms with van der Waals surface area (Å²) < 4.78 is 49.6. The summed E-state index contributed by atoms with van der Waals surface area (Å²) in [6, 6.07) is 7.98. The fraction of sp³-hybridized carbons (Fsp3) is 0.227. The molecule has 1 saturated carbocycles. The van der Waals surface area contributed by atoms with Crippen molar-refractivity contribution in [2.24, 2.45) is 0 Å². The maximum Gasteiger partial charge on any atom is 0.420 e. The molecule has 0 spiro atoms. The monoisotopic (exact) mass is 477 g/mol. The number of carbonyl (C=O) groups excluding carboxylic acids is 2. The predicted molar refractivity (Wildman–Crippen MR) is 109 cm³/mol. The Morgan fingerprint density at radius 1 is 1.12 bits per heavy atom. The van der Waals surface area contributed by atoms with Crippen molar-refractivity contribution in [3.8, 4) is 23.2 Å². The minimum Gasteiger partial charge on any atom is -0.508 e. The zero-order valence-corrected chi connectivity index (χ0v) is 17.3. The molecule has 3 aromatic rings. The number of alkyl halides is 3. The molecule has 1 fully saturated rings. The van der Waals surface area contributed by atoms with Crippen molar-refractivity contribution in [2.45, 2.75) is 31.1 Å². The van der Waals surface area contributed by atoms with Gasteiger partial charge in [0.05, 0.1) is 18.4 Å². The third kappa shape index (κ3) is 5.05. The molecular formula is C22H18F3N3O6. The number of phenolic OH excluding ortho intramolecular Hbond substituents is 1. The number of rotatable bonds is 7. The predicted octanol–water partition coefficient (Wildman–Crippen LogP) is 3.48. The highest BCUT2D eigenvalue weighted by atomic mass is 19.4. The van der Waals surface area contributed by atoms with Crippen LogP contribution in [0.5, 0.6) is 23.2 Å². The molecule has 2 aromatic heterocycles. The molecule has 9 nitrogen and oxygen atoms in total. The summed E-state index contributed by atoms with van der Waals surface area (Å²) in [7, 11) is 0. The number of phenols is 1. The average Bonchev–Trinajstić information content (AvgIpc) is 3.44. The molecule has 34 heavy (non-hydrogen) atoms. The molecule has 0 bridgehead atoms. The van der Waals surface area contributed by atoms with Gasteiger partial charge in [-0.2, -0.15) is 13.2 Å². The van der Waals surface area contributed by atoms with E-state index in [-0.39, 0.29) is 18.1 Å². The molecule has 2 heterocycles. The Labute approximate surface area is 190 Å². The quantitative estimate of drug-likeness (QED) is 0.409. The van der Waals surface area contributed by atoms with E-state index in [2.05, 4.69) is 15.6 Å². The lowest BCUT2D eigenvalue weighted by molar-refractivity contribution is -0.138. The number of furan rings is 1. The first-order valence-electron chi connectivity index (χ1n) is 9.98. The van der Waals surface area contributed by atoms with Gasteiger partial charge in [0.1, 0.15) is 28.4 Å². The highest BCUT2D eigenvalue weighted by Gasteiger charge is 2.51. The number of benzene rings is 1. The Morgan fingerprint density at radius 2 is 1.88 bits per heavy atom. The van der Waals surface area contributed by atoms with Crippen LogP contribution in [0.15, 0.2) is 53.1 Å². The molecule has 178 valence electrons. The molecule has 4 rings (SSSR count). The second-order valence-electron chi connectivity index (χ2n) is 7.62. The van der Waals surface area contributed by atoms with Crippen LogP contribution in [0.1, 0.15) is 34.7 Å². The molecular weight excluding hydrogens is 459 g/mol. The Morgan fingerprint density at radius 3 is 2.47 bits per heavy atom. The van der Waals surface area contributed by atoms with E-state index in [4.69, 9.17) is 9.15 Å². The number of pyridine rings is 1. The number of halogens is 3. The second-order valence-corrected chi connectivity index (χ2v) is 7.62. The first-order chi connectivity index (χ1) is 16.1. The van der Waals surface area contributed by atoms with Gasteiger partial charge >= 0.3 is 6.18 Å². The van der Waals surface area contributed by atoms with Crippen molar-refractivity contribution in [1.29, 1.82) is 0 Å². The minimum absolute atomic E-state index is 0.00524. The first kappa shape index (κ1) is 23.0. The smallest absolute Gasteiger partial charge is 0.420 e. The minimum atomic E-state index is -4.72. The van der Waals surface area contributed by atoms with Gasteiger partial charge in [-0.05, 0) is 49.2 Å². The number of nitrogens with one attached hydrogen (secondary N) is 2.